The molecular formula is C33H44FNO7. The molecule has 3 atom stereocenters. The van der Waals surface area contributed by atoms with Crippen molar-refractivity contribution in [2.24, 2.45) is 5.92 Å². The molecule has 3 unspecified atom stereocenters. The van der Waals surface area contributed by atoms with E-state index in [2.05, 4.69) is 0 Å². The topological polar surface area (TPSA) is 91.4 Å². The van der Waals surface area contributed by atoms with E-state index in [0.717, 1.165) is 5.56 Å². The van der Waals surface area contributed by atoms with Crippen LogP contribution in [0.1, 0.15) is 83.7 Å². The lowest BCUT2D eigenvalue weighted by Gasteiger charge is -2.42. The molecule has 0 spiro atoms. The zero-order chi connectivity index (χ0) is 31.1. The van der Waals surface area contributed by atoms with Crippen LogP contribution in [0.4, 0.5) is 4.39 Å². The lowest BCUT2D eigenvalue weighted by atomic mass is 9.98. The number of ether oxygens (including phenoxy) is 4. The average Bonchev–Trinajstić information content (AvgIpc) is 2.88. The van der Waals surface area contributed by atoms with Crippen molar-refractivity contribution in [2.45, 2.75) is 104 Å². The van der Waals surface area contributed by atoms with Gasteiger partial charge in [0.1, 0.15) is 24.1 Å². The highest BCUT2D eigenvalue weighted by Crippen LogP contribution is 2.31. The summed E-state index contributed by atoms with van der Waals surface area (Å²) in [5, 5.41) is 0. The Morgan fingerprint density at radius 2 is 1.62 bits per heavy atom. The van der Waals surface area contributed by atoms with Crippen molar-refractivity contribution >= 4 is 17.8 Å². The highest BCUT2D eigenvalue weighted by Gasteiger charge is 2.39. The Labute approximate surface area is 248 Å². The third kappa shape index (κ3) is 10.2. The second-order valence-corrected chi connectivity index (χ2v) is 12.5. The summed E-state index contributed by atoms with van der Waals surface area (Å²) in [6.45, 7) is 12.9. The second-order valence-electron chi connectivity index (χ2n) is 12.5. The van der Waals surface area contributed by atoms with Crippen LogP contribution < -0.4 is 0 Å². The Balaban J connectivity index is 1.80. The lowest BCUT2D eigenvalue weighted by molar-refractivity contribution is -0.301. The van der Waals surface area contributed by atoms with Crippen molar-refractivity contribution in [2.75, 3.05) is 6.54 Å². The molecule has 1 fully saturated rings. The van der Waals surface area contributed by atoms with Gasteiger partial charge in [-0.25, -0.2) is 9.18 Å². The summed E-state index contributed by atoms with van der Waals surface area (Å²) in [7, 11) is 0. The van der Waals surface area contributed by atoms with Crippen LogP contribution in [0.3, 0.4) is 0 Å². The van der Waals surface area contributed by atoms with Crippen LogP contribution in [-0.4, -0.2) is 58.9 Å². The summed E-state index contributed by atoms with van der Waals surface area (Å²) in [5.74, 6) is -3.01. The second kappa shape index (κ2) is 14.2. The van der Waals surface area contributed by atoms with Gasteiger partial charge in [-0.2, -0.15) is 0 Å². The van der Waals surface area contributed by atoms with Gasteiger partial charge in [0.15, 0.2) is 5.79 Å². The Morgan fingerprint density at radius 3 is 2.21 bits per heavy atom. The average molecular weight is 586 g/mol. The van der Waals surface area contributed by atoms with Gasteiger partial charge in [0.2, 0.25) is 0 Å². The smallest absolute Gasteiger partial charge is 0.329 e. The van der Waals surface area contributed by atoms with Crippen molar-refractivity contribution in [3.8, 4) is 0 Å². The van der Waals surface area contributed by atoms with Crippen molar-refractivity contribution in [3.63, 3.8) is 0 Å². The Bertz CT molecular complexity index is 1190. The van der Waals surface area contributed by atoms with E-state index >= 15 is 0 Å². The van der Waals surface area contributed by atoms with E-state index in [4.69, 9.17) is 18.9 Å². The molecule has 1 aliphatic heterocycles. The van der Waals surface area contributed by atoms with Crippen LogP contribution in [0.15, 0.2) is 54.6 Å². The number of amides is 1. The van der Waals surface area contributed by atoms with Gasteiger partial charge in [-0.1, -0.05) is 44.2 Å². The molecule has 1 aliphatic rings. The minimum Gasteiger partial charge on any atom is -0.460 e. The van der Waals surface area contributed by atoms with Gasteiger partial charge in [-0.15, -0.1) is 0 Å². The quantitative estimate of drug-likeness (QED) is 0.296. The minimum atomic E-state index is -0.965. The molecule has 1 amide bonds. The number of carbonyl (C=O) groups is 3. The van der Waals surface area contributed by atoms with Crippen LogP contribution >= 0.6 is 0 Å². The van der Waals surface area contributed by atoms with Gasteiger partial charge in [0, 0.05) is 18.5 Å². The molecule has 230 valence electrons. The first-order chi connectivity index (χ1) is 19.6. The summed E-state index contributed by atoms with van der Waals surface area (Å²) in [6.07, 6.45) is 0.0507. The van der Waals surface area contributed by atoms with E-state index in [1.54, 1.807) is 13.8 Å². The molecule has 2 aromatic rings. The Kier molecular flexibility index (Phi) is 11.3. The van der Waals surface area contributed by atoms with E-state index < -0.39 is 41.2 Å². The molecule has 2 aromatic carbocycles. The highest BCUT2D eigenvalue weighted by molar-refractivity contribution is 5.96. The normalized spacial score (nSPS) is 19.2. The highest BCUT2D eigenvalue weighted by atomic mass is 19.1. The van der Waals surface area contributed by atoms with Crippen molar-refractivity contribution in [1.29, 1.82) is 0 Å². The number of nitrogens with zero attached hydrogens (tertiary/aromatic N) is 1. The molecule has 0 aliphatic carbocycles. The van der Waals surface area contributed by atoms with Crippen LogP contribution in [0, 0.1) is 11.7 Å². The van der Waals surface area contributed by atoms with E-state index in [1.807, 2.05) is 65.0 Å². The number of halogens is 1. The van der Waals surface area contributed by atoms with Gasteiger partial charge < -0.3 is 23.8 Å². The molecule has 8 nitrogen and oxygen atoms in total. The lowest BCUT2D eigenvalue weighted by Crippen LogP contribution is -2.51. The molecule has 9 heteroatoms. The summed E-state index contributed by atoms with van der Waals surface area (Å²) in [4.78, 5) is 41.2. The number of esters is 2. The fourth-order valence-corrected chi connectivity index (χ4v) is 5.07. The molecule has 1 heterocycles. The summed E-state index contributed by atoms with van der Waals surface area (Å²) in [6, 6.07) is 13.7. The van der Waals surface area contributed by atoms with Gasteiger partial charge >= 0.3 is 11.9 Å². The van der Waals surface area contributed by atoms with Crippen LogP contribution in [-0.2, 0) is 35.1 Å². The third-order valence-electron chi connectivity index (χ3n) is 6.72. The molecule has 0 radical (unpaired) electrons. The van der Waals surface area contributed by atoms with E-state index in [-0.39, 0.29) is 43.1 Å². The van der Waals surface area contributed by atoms with Crippen LogP contribution in [0.2, 0.25) is 0 Å². The molecular weight excluding hydrogens is 541 g/mol. The van der Waals surface area contributed by atoms with Gasteiger partial charge in [-0.05, 0) is 76.8 Å². The summed E-state index contributed by atoms with van der Waals surface area (Å²) < 4.78 is 37.0. The van der Waals surface area contributed by atoms with Gasteiger partial charge in [-0.3, -0.25) is 9.59 Å². The predicted octanol–water partition coefficient (Wildman–Crippen LogP) is 6.07. The molecule has 42 heavy (non-hydrogen) atoms. The first-order valence-corrected chi connectivity index (χ1v) is 14.5. The fraction of sp³-hybridized carbons (Fsp3) is 0.545. The number of hydrogen-bond acceptors (Lipinski definition) is 7. The number of hydrogen-bond donors (Lipinski definition) is 0. The number of benzene rings is 2. The molecule has 1 saturated heterocycles. The van der Waals surface area contributed by atoms with Gasteiger partial charge in [0.25, 0.3) is 5.91 Å². The van der Waals surface area contributed by atoms with Crippen LogP contribution in [0.25, 0.3) is 0 Å². The number of rotatable bonds is 11. The maximum absolute atomic E-state index is 13.8. The monoisotopic (exact) mass is 585 g/mol. The van der Waals surface area contributed by atoms with Crippen molar-refractivity contribution < 1.29 is 37.7 Å². The molecule has 0 bridgehead atoms. The largest absolute Gasteiger partial charge is 0.460 e. The predicted molar refractivity (Wildman–Crippen MR) is 156 cm³/mol. The standard InChI is InChI=1S/C33H44FNO7/c1-22(2)29(31(38)39-21-23-11-9-8-10-12-23)35(30(37)24-13-15-25(34)16-14-24)18-17-26-19-27(41-33(6,7)40-26)20-28(36)42-32(3,4)5/h8-16,22,26-27,29H,17-21H2,1-7H3. The van der Waals surface area contributed by atoms with Crippen molar-refractivity contribution in [1.82, 2.24) is 4.90 Å². The maximum atomic E-state index is 13.8. The third-order valence-corrected chi connectivity index (χ3v) is 6.72. The van der Waals surface area contributed by atoms with Crippen molar-refractivity contribution in [3.05, 3.63) is 71.5 Å². The fourth-order valence-electron chi connectivity index (χ4n) is 5.07. The van der Waals surface area contributed by atoms with Crippen LogP contribution in [0.5, 0.6) is 0 Å². The molecule has 0 aromatic heterocycles. The zero-order valence-corrected chi connectivity index (χ0v) is 25.7. The molecule has 0 N–H and O–H groups in total. The molecule has 3 rings (SSSR count). The first kappa shape index (κ1) is 33.2. The maximum Gasteiger partial charge on any atom is 0.329 e. The first-order valence-electron chi connectivity index (χ1n) is 14.5. The van der Waals surface area contributed by atoms with E-state index in [9.17, 15) is 18.8 Å². The zero-order valence-electron chi connectivity index (χ0n) is 25.7. The molecule has 0 saturated carbocycles. The Hall–Kier alpha value is -3.30. The van der Waals surface area contributed by atoms with E-state index in [0.29, 0.717) is 12.8 Å². The minimum absolute atomic E-state index is 0.0687. The van der Waals surface area contributed by atoms with Gasteiger partial charge in [0.05, 0.1) is 18.6 Å². The van der Waals surface area contributed by atoms with E-state index in [1.165, 1.54) is 29.2 Å². The summed E-state index contributed by atoms with van der Waals surface area (Å²) >= 11 is 0. The Morgan fingerprint density at radius 1 is 1.00 bits per heavy atom. The SMILES string of the molecule is CC(C)C(C(=O)OCc1ccccc1)N(CCC1CC(CC(=O)OC(C)(C)C)OC(C)(C)O1)C(=O)c1ccc(F)cc1. The summed E-state index contributed by atoms with van der Waals surface area (Å²) in [5.41, 5.74) is 0.479. The number of carbonyl (C=O) groups excluding carboxylic acids is 3.